The summed E-state index contributed by atoms with van der Waals surface area (Å²) in [7, 11) is 0.247. The predicted octanol–water partition coefficient (Wildman–Crippen LogP) is 4.91. The highest BCUT2D eigenvalue weighted by Crippen LogP contribution is 2.24. The van der Waals surface area contributed by atoms with Crippen LogP contribution in [0.3, 0.4) is 0 Å². The van der Waals surface area contributed by atoms with E-state index in [1.807, 2.05) is 0 Å². The Bertz CT molecular complexity index is 396. The van der Waals surface area contributed by atoms with Gasteiger partial charge in [0.15, 0.2) is 9.79 Å². The molecule has 0 saturated carbocycles. The highest BCUT2D eigenvalue weighted by molar-refractivity contribution is 7.97. The van der Waals surface area contributed by atoms with Crippen LogP contribution in [0.25, 0.3) is 0 Å². The van der Waals surface area contributed by atoms with Crippen molar-refractivity contribution in [3.8, 4) is 0 Å². The van der Waals surface area contributed by atoms with Crippen LogP contribution in [0, 0.1) is 0 Å². The van der Waals surface area contributed by atoms with E-state index in [-0.39, 0.29) is 10.9 Å². The van der Waals surface area contributed by atoms with Crippen molar-refractivity contribution in [1.82, 2.24) is 0 Å². The molecule has 0 spiro atoms. The molecule has 0 heterocycles. The molecule has 94 valence electrons. The van der Waals surface area contributed by atoms with Gasteiger partial charge in [-0.3, -0.25) is 0 Å². The van der Waals surface area contributed by atoms with Crippen LogP contribution in [0.2, 0.25) is 0 Å². The average Bonchev–Trinajstić information content (AvgIpc) is 2.46. The monoisotopic (exact) mass is 257 g/mol. The predicted molar refractivity (Wildman–Crippen MR) is 81.2 cm³/mol. The summed E-state index contributed by atoms with van der Waals surface area (Å²) in [6.07, 6.45) is 3.95. The summed E-state index contributed by atoms with van der Waals surface area (Å²) in [6, 6.07) is 21.9. The summed E-state index contributed by atoms with van der Waals surface area (Å²) in [5.74, 6) is 1.28. The van der Waals surface area contributed by atoms with Crippen LogP contribution in [0.15, 0.2) is 70.5 Å². The molecule has 0 nitrogen and oxygen atoms in total. The molecule has 0 aliphatic rings. The van der Waals surface area contributed by atoms with Gasteiger partial charge in [-0.2, -0.15) is 0 Å². The minimum Gasteiger partial charge on any atom is -0.0654 e. The van der Waals surface area contributed by atoms with Crippen molar-refractivity contribution in [3.63, 3.8) is 0 Å². The number of hydrogen-bond acceptors (Lipinski definition) is 0. The van der Waals surface area contributed by atoms with Gasteiger partial charge in [0.2, 0.25) is 0 Å². The summed E-state index contributed by atoms with van der Waals surface area (Å²) in [5.41, 5.74) is 0. The van der Waals surface area contributed by atoms with E-state index < -0.39 is 0 Å². The minimum absolute atomic E-state index is 0.247. The Morgan fingerprint density at radius 3 is 1.67 bits per heavy atom. The molecule has 0 aliphatic carbocycles. The standard InChI is InChI=1S/C17H21S/c1-2-3-10-15-18(16-11-6-4-7-12-16)17-13-8-5-9-14-17/h4-9,11-14H,2-3,10,15H2,1H3/q+1. The van der Waals surface area contributed by atoms with Gasteiger partial charge in [0.25, 0.3) is 0 Å². The molecule has 1 heteroatoms. The van der Waals surface area contributed by atoms with E-state index in [0.29, 0.717) is 0 Å². The van der Waals surface area contributed by atoms with Gasteiger partial charge in [-0.25, -0.2) is 0 Å². The van der Waals surface area contributed by atoms with Crippen molar-refractivity contribution in [2.45, 2.75) is 36.0 Å². The number of unbranched alkanes of at least 4 members (excludes halogenated alkanes) is 2. The highest BCUT2D eigenvalue weighted by atomic mass is 32.2. The van der Waals surface area contributed by atoms with Gasteiger partial charge in [-0.15, -0.1) is 0 Å². The fourth-order valence-electron chi connectivity index (χ4n) is 2.04. The lowest BCUT2D eigenvalue weighted by atomic mass is 10.3. The SMILES string of the molecule is CCCCC[S+](c1ccccc1)c1ccccc1. The summed E-state index contributed by atoms with van der Waals surface area (Å²) < 4.78 is 0. The smallest absolute Gasteiger partial charge is 0.0654 e. The first-order valence-electron chi connectivity index (χ1n) is 6.73. The molecule has 2 rings (SSSR count). The first kappa shape index (κ1) is 13.2. The van der Waals surface area contributed by atoms with Crippen LogP contribution >= 0.6 is 0 Å². The second kappa shape index (κ2) is 7.27. The molecule has 0 radical (unpaired) electrons. The number of rotatable bonds is 6. The first-order valence-corrected chi connectivity index (χ1v) is 8.12. The maximum atomic E-state index is 2.27. The van der Waals surface area contributed by atoms with Crippen molar-refractivity contribution >= 4 is 10.9 Å². The molecule has 0 bridgehead atoms. The lowest BCUT2D eigenvalue weighted by Gasteiger charge is -2.07. The molecule has 0 amide bonds. The number of benzene rings is 2. The molecular formula is C17H21S+. The van der Waals surface area contributed by atoms with E-state index in [1.54, 1.807) is 0 Å². The molecule has 0 aliphatic heterocycles. The Hall–Kier alpha value is -1.21. The van der Waals surface area contributed by atoms with Crippen molar-refractivity contribution in [3.05, 3.63) is 60.7 Å². The van der Waals surface area contributed by atoms with E-state index in [1.165, 1.54) is 34.8 Å². The van der Waals surface area contributed by atoms with Gasteiger partial charge < -0.3 is 0 Å². The lowest BCUT2D eigenvalue weighted by Crippen LogP contribution is -2.08. The minimum atomic E-state index is 0.247. The van der Waals surface area contributed by atoms with Crippen LogP contribution in [-0.4, -0.2) is 5.75 Å². The fraction of sp³-hybridized carbons (Fsp3) is 0.294. The average molecular weight is 257 g/mol. The molecule has 0 unspecified atom stereocenters. The Kier molecular flexibility index (Phi) is 5.35. The van der Waals surface area contributed by atoms with E-state index in [2.05, 4.69) is 67.6 Å². The van der Waals surface area contributed by atoms with Gasteiger partial charge in [-0.1, -0.05) is 49.7 Å². The molecule has 0 aromatic heterocycles. The maximum absolute atomic E-state index is 2.27. The zero-order chi connectivity index (χ0) is 12.6. The molecule has 0 atom stereocenters. The third-order valence-corrected chi connectivity index (χ3v) is 5.39. The molecule has 0 saturated heterocycles. The Labute approximate surface area is 113 Å². The van der Waals surface area contributed by atoms with Crippen molar-refractivity contribution in [2.24, 2.45) is 0 Å². The summed E-state index contributed by atoms with van der Waals surface area (Å²) in [4.78, 5) is 2.94. The molecule has 18 heavy (non-hydrogen) atoms. The van der Waals surface area contributed by atoms with E-state index >= 15 is 0 Å². The van der Waals surface area contributed by atoms with E-state index in [0.717, 1.165) is 0 Å². The molecule has 2 aromatic rings. The molecule has 0 N–H and O–H groups in total. The van der Waals surface area contributed by atoms with Gasteiger partial charge >= 0.3 is 0 Å². The maximum Gasteiger partial charge on any atom is 0.160 e. The van der Waals surface area contributed by atoms with Crippen LogP contribution < -0.4 is 0 Å². The summed E-state index contributed by atoms with van der Waals surface area (Å²) >= 11 is 0. The first-order chi connectivity index (χ1) is 8.92. The van der Waals surface area contributed by atoms with Crippen LogP contribution in [-0.2, 0) is 10.9 Å². The van der Waals surface area contributed by atoms with Crippen molar-refractivity contribution in [1.29, 1.82) is 0 Å². The third kappa shape index (κ3) is 3.64. The fourth-order valence-corrected chi connectivity index (χ4v) is 4.25. The van der Waals surface area contributed by atoms with Gasteiger partial charge in [0, 0.05) is 0 Å². The zero-order valence-corrected chi connectivity index (χ0v) is 11.8. The topological polar surface area (TPSA) is 0 Å². The molecule has 0 fully saturated rings. The second-order valence-electron chi connectivity index (χ2n) is 4.43. The quantitative estimate of drug-likeness (QED) is 0.509. The lowest BCUT2D eigenvalue weighted by molar-refractivity contribution is 0.776. The van der Waals surface area contributed by atoms with Crippen LogP contribution in [0.5, 0.6) is 0 Å². The third-order valence-electron chi connectivity index (χ3n) is 3.01. The van der Waals surface area contributed by atoms with Gasteiger partial charge in [0.05, 0.1) is 10.9 Å². The molecule has 2 aromatic carbocycles. The van der Waals surface area contributed by atoms with Gasteiger partial charge in [0.1, 0.15) is 5.75 Å². The van der Waals surface area contributed by atoms with Crippen molar-refractivity contribution < 1.29 is 0 Å². The Morgan fingerprint density at radius 1 is 0.722 bits per heavy atom. The normalized spacial score (nSPS) is 10.8. The van der Waals surface area contributed by atoms with Crippen LogP contribution in [0.4, 0.5) is 0 Å². The van der Waals surface area contributed by atoms with E-state index in [4.69, 9.17) is 0 Å². The zero-order valence-electron chi connectivity index (χ0n) is 11.0. The second-order valence-corrected chi connectivity index (χ2v) is 6.56. The van der Waals surface area contributed by atoms with E-state index in [9.17, 15) is 0 Å². The summed E-state index contributed by atoms with van der Waals surface area (Å²) in [6.45, 7) is 2.27. The summed E-state index contributed by atoms with van der Waals surface area (Å²) in [5, 5.41) is 0. The molecular weight excluding hydrogens is 236 g/mol. The Morgan fingerprint density at radius 2 is 1.22 bits per heavy atom. The highest BCUT2D eigenvalue weighted by Gasteiger charge is 2.23. The Balaban J connectivity index is 2.18. The number of hydrogen-bond donors (Lipinski definition) is 0. The van der Waals surface area contributed by atoms with Crippen molar-refractivity contribution in [2.75, 3.05) is 5.75 Å². The van der Waals surface area contributed by atoms with Gasteiger partial charge in [-0.05, 0) is 37.1 Å². The largest absolute Gasteiger partial charge is 0.160 e. The van der Waals surface area contributed by atoms with Crippen LogP contribution in [0.1, 0.15) is 26.2 Å².